The van der Waals surface area contributed by atoms with Crippen molar-refractivity contribution in [2.45, 2.75) is 30.6 Å². The van der Waals surface area contributed by atoms with Gasteiger partial charge in [-0.3, -0.25) is 0 Å². The molecule has 0 saturated heterocycles. The van der Waals surface area contributed by atoms with Crippen LogP contribution in [-0.2, 0) is 5.33 Å². The molecule has 0 spiro atoms. The van der Waals surface area contributed by atoms with E-state index in [4.69, 9.17) is 0 Å². The van der Waals surface area contributed by atoms with Crippen LogP contribution in [0.1, 0.15) is 24.8 Å². The molecule has 1 aliphatic rings. The minimum atomic E-state index is 0.773. The van der Waals surface area contributed by atoms with E-state index < -0.39 is 0 Å². The predicted octanol–water partition coefficient (Wildman–Crippen LogP) is 3.57. The number of hydrogen-bond donors (Lipinski definition) is 0. The molecule has 0 radical (unpaired) electrons. The van der Waals surface area contributed by atoms with Gasteiger partial charge in [0.2, 0.25) is 0 Å². The summed E-state index contributed by atoms with van der Waals surface area (Å²) in [7, 11) is 2.21. The van der Waals surface area contributed by atoms with E-state index in [9.17, 15) is 0 Å². The monoisotopic (exact) mass is 253 g/mol. The summed E-state index contributed by atoms with van der Waals surface area (Å²) in [6, 6.07) is 9.41. The van der Waals surface area contributed by atoms with Gasteiger partial charge in [-0.1, -0.05) is 34.1 Å². The average Bonchev–Trinajstić information content (AvgIpc) is 2.15. The molecule has 0 amide bonds. The number of hydrogen-bond acceptors (Lipinski definition) is 1. The third kappa shape index (κ3) is 1.81. The van der Waals surface area contributed by atoms with Crippen molar-refractivity contribution in [3.63, 3.8) is 0 Å². The molecule has 0 heterocycles. The van der Waals surface area contributed by atoms with E-state index in [1.54, 1.807) is 0 Å². The van der Waals surface area contributed by atoms with Crippen LogP contribution in [0.4, 0.5) is 5.69 Å². The van der Waals surface area contributed by atoms with E-state index >= 15 is 0 Å². The maximum atomic E-state index is 3.54. The Morgan fingerprint density at radius 1 is 1.36 bits per heavy atom. The number of halogens is 1. The fourth-order valence-electron chi connectivity index (χ4n) is 1.94. The molecule has 76 valence electrons. The molecule has 1 saturated carbocycles. The minimum absolute atomic E-state index is 0.773. The molecule has 1 aromatic carbocycles. The standard InChI is InChI=1S/C12H16BrN/c1-14(11-6-4-7-11)12-8-3-2-5-10(12)9-13/h2-3,5,8,11H,4,6-7,9H2,1H3. The molecular formula is C12H16BrN. The van der Waals surface area contributed by atoms with Crippen LogP contribution in [0.25, 0.3) is 0 Å². The summed E-state index contributed by atoms with van der Waals surface area (Å²) >= 11 is 3.54. The van der Waals surface area contributed by atoms with Crippen molar-refractivity contribution in [3.05, 3.63) is 29.8 Å². The summed E-state index contributed by atoms with van der Waals surface area (Å²) in [6.45, 7) is 0. The summed E-state index contributed by atoms with van der Waals surface area (Å²) in [5.41, 5.74) is 2.77. The highest BCUT2D eigenvalue weighted by Crippen LogP contribution is 2.30. The number of para-hydroxylation sites is 1. The summed E-state index contributed by atoms with van der Waals surface area (Å²) < 4.78 is 0. The third-order valence-electron chi connectivity index (χ3n) is 3.14. The molecular weight excluding hydrogens is 238 g/mol. The lowest BCUT2D eigenvalue weighted by atomic mass is 9.91. The van der Waals surface area contributed by atoms with Crippen LogP contribution in [0, 0.1) is 0 Å². The van der Waals surface area contributed by atoms with Gasteiger partial charge in [0.1, 0.15) is 0 Å². The number of alkyl halides is 1. The van der Waals surface area contributed by atoms with Gasteiger partial charge in [0, 0.05) is 24.1 Å². The first-order valence-corrected chi connectivity index (χ1v) is 6.32. The first kappa shape index (κ1) is 10.0. The second kappa shape index (κ2) is 4.35. The average molecular weight is 254 g/mol. The molecule has 0 unspecified atom stereocenters. The Morgan fingerprint density at radius 3 is 2.64 bits per heavy atom. The smallest absolute Gasteiger partial charge is 0.0407 e. The van der Waals surface area contributed by atoms with E-state index in [0.29, 0.717) is 0 Å². The first-order chi connectivity index (χ1) is 6.83. The van der Waals surface area contributed by atoms with Crippen molar-refractivity contribution in [1.29, 1.82) is 0 Å². The lowest BCUT2D eigenvalue weighted by Crippen LogP contribution is -2.37. The van der Waals surface area contributed by atoms with Crippen LogP contribution < -0.4 is 4.90 Å². The summed E-state index contributed by atoms with van der Waals surface area (Å²) in [4.78, 5) is 2.43. The fraction of sp³-hybridized carbons (Fsp3) is 0.500. The molecule has 1 nitrogen and oxygen atoms in total. The molecule has 0 aliphatic heterocycles. The molecule has 1 fully saturated rings. The largest absolute Gasteiger partial charge is 0.371 e. The van der Waals surface area contributed by atoms with E-state index in [-0.39, 0.29) is 0 Å². The van der Waals surface area contributed by atoms with Gasteiger partial charge in [-0.05, 0) is 30.9 Å². The number of nitrogens with zero attached hydrogens (tertiary/aromatic N) is 1. The summed E-state index contributed by atoms with van der Waals surface area (Å²) in [5.74, 6) is 0. The van der Waals surface area contributed by atoms with Crippen LogP contribution in [0.5, 0.6) is 0 Å². The SMILES string of the molecule is CN(c1ccccc1CBr)C1CCC1. The van der Waals surface area contributed by atoms with Gasteiger partial charge < -0.3 is 4.90 Å². The van der Waals surface area contributed by atoms with Gasteiger partial charge in [0.05, 0.1) is 0 Å². The molecule has 0 atom stereocenters. The number of anilines is 1. The molecule has 0 aromatic heterocycles. The molecule has 0 bridgehead atoms. The second-order valence-electron chi connectivity index (χ2n) is 3.96. The van der Waals surface area contributed by atoms with Crippen molar-refractivity contribution in [2.24, 2.45) is 0 Å². The second-order valence-corrected chi connectivity index (χ2v) is 4.52. The fourth-order valence-corrected chi connectivity index (χ4v) is 2.41. The van der Waals surface area contributed by atoms with Crippen molar-refractivity contribution in [3.8, 4) is 0 Å². The normalized spacial score (nSPS) is 16.4. The lowest BCUT2D eigenvalue weighted by Gasteiger charge is -2.37. The molecule has 1 aromatic rings. The molecule has 2 rings (SSSR count). The van der Waals surface area contributed by atoms with Crippen LogP contribution in [0.3, 0.4) is 0 Å². The van der Waals surface area contributed by atoms with Gasteiger partial charge >= 0.3 is 0 Å². The zero-order valence-electron chi connectivity index (χ0n) is 8.54. The van der Waals surface area contributed by atoms with Crippen molar-refractivity contribution < 1.29 is 0 Å². The molecule has 2 heteroatoms. The zero-order chi connectivity index (χ0) is 9.97. The van der Waals surface area contributed by atoms with Gasteiger partial charge in [-0.25, -0.2) is 0 Å². The Labute approximate surface area is 94.2 Å². The van der Waals surface area contributed by atoms with Crippen LogP contribution in [0.15, 0.2) is 24.3 Å². The highest BCUT2D eigenvalue weighted by Gasteiger charge is 2.23. The topological polar surface area (TPSA) is 3.24 Å². The first-order valence-electron chi connectivity index (χ1n) is 5.19. The molecule has 0 N–H and O–H groups in total. The molecule has 1 aliphatic carbocycles. The van der Waals surface area contributed by atoms with Crippen LogP contribution >= 0.6 is 15.9 Å². The van der Waals surface area contributed by atoms with Crippen molar-refractivity contribution in [2.75, 3.05) is 11.9 Å². The van der Waals surface area contributed by atoms with Gasteiger partial charge in [0.15, 0.2) is 0 Å². The number of benzene rings is 1. The van der Waals surface area contributed by atoms with Crippen LogP contribution in [-0.4, -0.2) is 13.1 Å². The maximum absolute atomic E-state index is 3.54. The Morgan fingerprint density at radius 2 is 2.07 bits per heavy atom. The van der Waals surface area contributed by atoms with E-state index in [1.165, 1.54) is 30.5 Å². The van der Waals surface area contributed by atoms with E-state index in [1.807, 2.05) is 0 Å². The molecule has 14 heavy (non-hydrogen) atoms. The minimum Gasteiger partial charge on any atom is -0.371 e. The van der Waals surface area contributed by atoms with Crippen molar-refractivity contribution >= 4 is 21.6 Å². The predicted molar refractivity (Wildman–Crippen MR) is 65.1 cm³/mol. The Kier molecular flexibility index (Phi) is 3.12. The quantitative estimate of drug-likeness (QED) is 0.745. The van der Waals surface area contributed by atoms with Gasteiger partial charge in [0.25, 0.3) is 0 Å². The Balaban J connectivity index is 2.20. The highest BCUT2D eigenvalue weighted by molar-refractivity contribution is 9.08. The number of rotatable bonds is 3. The van der Waals surface area contributed by atoms with Crippen LogP contribution in [0.2, 0.25) is 0 Å². The zero-order valence-corrected chi connectivity index (χ0v) is 10.1. The Bertz CT molecular complexity index is 307. The van der Waals surface area contributed by atoms with E-state index in [2.05, 4.69) is 52.1 Å². The third-order valence-corrected chi connectivity index (χ3v) is 3.74. The summed E-state index contributed by atoms with van der Waals surface area (Å²) in [5, 5.41) is 0.945. The van der Waals surface area contributed by atoms with Gasteiger partial charge in [-0.15, -0.1) is 0 Å². The lowest BCUT2D eigenvalue weighted by molar-refractivity contribution is 0.401. The highest BCUT2D eigenvalue weighted by atomic mass is 79.9. The van der Waals surface area contributed by atoms with Crippen molar-refractivity contribution in [1.82, 2.24) is 0 Å². The maximum Gasteiger partial charge on any atom is 0.0407 e. The Hall–Kier alpha value is -0.500. The summed E-state index contributed by atoms with van der Waals surface area (Å²) in [6.07, 6.45) is 4.10. The van der Waals surface area contributed by atoms with Gasteiger partial charge in [-0.2, -0.15) is 0 Å². The van der Waals surface area contributed by atoms with E-state index in [0.717, 1.165) is 11.4 Å².